The standard InChI is InChI=1S/C15H10ClN3OS/c1-19-6-2-3-12(19)14(20)10(8-17)15-18-11-7-9(16)4-5-13(11)21-15/h2-7,10H,1H3. The number of Topliss-reactive ketones (excluding diaryl/α,β-unsaturated/α-hetero) is 1. The average molecular weight is 316 g/mol. The summed E-state index contributed by atoms with van der Waals surface area (Å²) in [4.78, 5) is 16.9. The van der Waals surface area contributed by atoms with Crippen molar-refractivity contribution in [2.45, 2.75) is 5.92 Å². The van der Waals surface area contributed by atoms with Crippen molar-refractivity contribution in [3.63, 3.8) is 0 Å². The molecule has 2 aromatic heterocycles. The molecule has 0 N–H and O–H groups in total. The van der Waals surface area contributed by atoms with Crippen LogP contribution in [0.3, 0.4) is 0 Å². The number of thiazole rings is 1. The highest BCUT2D eigenvalue weighted by Crippen LogP contribution is 2.30. The predicted octanol–water partition coefficient (Wildman–Crippen LogP) is 3.78. The molecule has 0 fully saturated rings. The van der Waals surface area contributed by atoms with Crippen LogP contribution in [0.25, 0.3) is 10.2 Å². The van der Waals surface area contributed by atoms with Gasteiger partial charge in [-0.15, -0.1) is 11.3 Å². The van der Waals surface area contributed by atoms with E-state index in [1.165, 1.54) is 11.3 Å². The quantitative estimate of drug-likeness (QED) is 0.691. The Morgan fingerprint density at radius 3 is 2.95 bits per heavy atom. The van der Waals surface area contributed by atoms with Gasteiger partial charge in [0.1, 0.15) is 5.01 Å². The number of nitrogens with zero attached hydrogens (tertiary/aromatic N) is 3. The number of benzene rings is 1. The summed E-state index contributed by atoms with van der Waals surface area (Å²) in [6.45, 7) is 0. The lowest BCUT2D eigenvalue weighted by atomic mass is 10.0. The second kappa shape index (κ2) is 5.32. The first kappa shape index (κ1) is 13.8. The summed E-state index contributed by atoms with van der Waals surface area (Å²) in [5.41, 5.74) is 1.21. The second-order valence-electron chi connectivity index (χ2n) is 4.59. The SMILES string of the molecule is Cn1cccc1C(=O)C(C#N)c1nc2cc(Cl)ccc2s1. The van der Waals surface area contributed by atoms with Crippen molar-refractivity contribution >= 4 is 38.9 Å². The van der Waals surface area contributed by atoms with Gasteiger partial charge in [0, 0.05) is 18.3 Å². The Labute approximate surface area is 130 Å². The summed E-state index contributed by atoms with van der Waals surface area (Å²) in [6, 6.07) is 10.9. The number of hydrogen-bond acceptors (Lipinski definition) is 4. The number of hydrogen-bond donors (Lipinski definition) is 0. The maximum absolute atomic E-state index is 12.5. The fourth-order valence-corrected chi connectivity index (χ4v) is 3.29. The van der Waals surface area contributed by atoms with Gasteiger partial charge < -0.3 is 4.57 Å². The first-order chi connectivity index (χ1) is 10.1. The van der Waals surface area contributed by atoms with E-state index in [4.69, 9.17) is 11.6 Å². The van der Waals surface area contributed by atoms with Gasteiger partial charge in [-0.2, -0.15) is 5.26 Å². The fraction of sp³-hybridized carbons (Fsp3) is 0.133. The fourth-order valence-electron chi connectivity index (χ4n) is 2.13. The molecule has 3 rings (SSSR count). The van der Waals surface area contributed by atoms with Crippen LogP contribution in [0.4, 0.5) is 0 Å². The molecule has 0 saturated carbocycles. The van der Waals surface area contributed by atoms with Crippen LogP contribution in [0.15, 0.2) is 36.5 Å². The largest absolute Gasteiger partial charge is 0.348 e. The van der Waals surface area contributed by atoms with E-state index in [9.17, 15) is 10.1 Å². The lowest BCUT2D eigenvalue weighted by Gasteiger charge is -2.05. The topological polar surface area (TPSA) is 58.7 Å². The monoisotopic (exact) mass is 315 g/mol. The number of aryl methyl sites for hydroxylation is 1. The molecule has 0 bridgehead atoms. The minimum absolute atomic E-state index is 0.241. The predicted molar refractivity (Wildman–Crippen MR) is 82.7 cm³/mol. The van der Waals surface area contributed by atoms with Gasteiger partial charge in [0.25, 0.3) is 0 Å². The third kappa shape index (κ3) is 2.44. The van der Waals surface area contributed by atoms with E-state index >= 15 is 0 Å². The van der Waals surface area contributed by atoms with Crippen molar-refractivity contribution in [3.05, 3.63) is 52.3 Å². The van der Waals surface area contributed by atoms with Gasteiger partial charge in [0.2, 0.25) is 5.78 Å². The first-order valence-electron chi connectivity index (χ1n) is 6.21. The van der Waals surface area contributed by atoms with Crippen LogP contribution < -0.4 is 0 Å². The van der Waals surface area contributed by atoms with Gasteiger partial charge in [-0.3, -0.25) is 4.79 Å². The zero-order chi connectivity index (χ0) is 15.0. The Bertz CT molecular complexity index is 875. The van der Waals surface area contributed by atoms with Crippen molar-refractivity contribution in [2.24, 2.45) is 7.05 Å². The summed E-state index contributed by atoms with van der Waals surface area (Å²) >= 11 is 7.28. The third-order valence-corrected chi connectivity index (χ3v) is 4.54. The molecule has 2 heterocycles. The molecule has 0 aliphatic rings. The van der Waals surface area contributed by atoms with Crippen LogP contribution in [0, 0.1) is 11.3 Å². The van der Waals surface area contributed by atoms with Crippen LogP contribution in [0.2, 0.25) is 5.02 Å². The average Bonchev–Trinajstić information content (AvgIpc) is 3.05. The molecule has 0 amide bonds. The minimum Gasteiger partial charge on any atom is -0.348 e. The minimum atomic E-state index is -0.894. The Morgan fingerprint density at radius 1 is 1.48 bits per heavy atom. The summed E-state index contributed by atoms with van der Waals surface area (Å²) in [5, 5.41) is 10.5. The molecule has 1 atom stereocenters. The second-order valence-corrected chi connectivity index (χ2v) is 6.09. The van der Waals surface area contributed by atoms with Crippen LogP contribution in [-0.2, 0) is 7.05 Å². The molecular formula is C15H10ClN3OS. The molecular weight excluding hydrogens is 306 g/mol. The van der Waals surface area contributed by atoms with Crippen LogP contribution >= 0.6 is 22.9 Å². The van der Waals surface area contributed by atoms with Gasteiger partial charge in [-0.05, 0) is 30.3 Å². The molecule has 0 radical (unpaired) electrons. The summed E-state index contributed by atoms with van der Waals surface area (Å²) in [7, 11) is 1.78. The molecule has 21 heavy (non-hydrogen) atoms. The van der Waals surface area contributed by atoms with E-state index in [0.29, 0.717) is 21.2 Å². The highest BCUT2D eigenvalue weighted by molar-refractivity contribution is 7.18. The van der Waals surface area contributed by atoms with Gasteiger partial charge in [-0.1, -0.05) is 11.6 Å². The maximum Gasteiger partial charge on any atom is 0.203 e. The smallest absolute Gasteiger partial charge is 0.203 e. The Morgan fingerprint density at radius 2 is 2.29 bits per heavy atom. The molecule has 0 aliphatic carbocycles. The van der Waals surface area contributed by atoms with E-state index in [0.717, 1.165) is 4.70 Å². The van der Waals surface area contributed by atoms with Gasteiger partial charge >= 0.3 is 0 Å². The Kier molecular flexibility index (Phi) is 3.50. The van der Waals surface area contributed by atoms with Crippen molar-refractivity contribution in [1.29, 1.82) is 5.26 Å². The lowest BCUT2D eigenvalue weighted by Crippen LogP contribution is -2.14. The molecule has 0 spiro atoms. The Hall–Kier alpha value is -2.16. The molecule has 6 heteroatoms. The number of nitriles is 1. The van der Waals surface area contributed by atoms with Gasteiger partial charge in [0.15, 0.2) is 5.92 Å². The molecule has 0 aliphatic heterocycles. The zero-order valence-electron chi connectivity index (χ0n) is 11.1. The maximum atomic E-state index is 12.5. The Balaban J connectivity index is 2.04. The normalized spacial score (nSPS) is 12.2. The highest BCUT2D eigenvalue weighted by Gasteiger charge is 2.26. The van der Waals surface area contributed by atoms with Crippen molar-refractivity contribution in [3.8, 4) is 6.07 Å². The molecule has 1 unspecified atom stereocenters. The molecule has 3 aromatic rings. The molecule has 104 valence electrons. The van der Waals surface area contributed by atoms with Crippen LogP contribution in [0.1, 0.15) is 21.4 Å². The number of rotatable bonds is 3. The van der Waals surface area contributed by atoms with Gasteiger partial charge in [-0.25, -0.2) is 4.98 Å². The number of ketones is 1. The van der Waals surface area contributed by atoms with Gasteiger partial charge in [0.05, 0.1) is 22.0 Å². The molecule has 1 aromatic carbocycles. The lowest BCUT2D eigenvalue weighted by molar-refractivity contribution is 0.0971. The van der Waals surface area contributed by atoms with Crippen molar-refractivity contribution in [1.82, 2.24) is 9.55 Å². The van der Waals surface area contributed by atoms with E-state index in [2.05, 4.69) is 11.1 Å². The molecule has 0 saturated heterocycles. The molecule has 4 nitrogen and oxygen atoms in total. The van der Waals surface area contributed by atoms with E-state index in [1.807, 2.05) is 6.07 Å². The third-order valence-electron chi connectivity index (χ3n) is 3.20. The number of aromatic nitrogens is 2. The van der Waals surface area contributed by atoms with Crippen LogP contribution in [0.5, 0.6) is 0 Å². The zero-order valence-corrected chi connectivity index (χ0v) is 12.6. The van der Waals surface area contributed by atoms with E-state index < -0.39 is 5.92 Å². The number of halogens is 1. The van der Waals surface area contributed by atoms with Crippen LogP contribution in [-0.4, -0.2) is 15.3 Å². The first-order valence-corrected chi connectivity index (χ1v) is 7.41. The summed E-state index contributed by atoms with van der Waals surface area (Å²) < 4.78 is 2.62. The van der Waals surface area contributed by atoms with Crippen molar-refractivity contribution < 1.29 is 4.79 Å². The van der Waals surface area contributed by atoms with E-state index in [-0.39, 0.29) is 5.78 Å². The van der Waals surface area contributed by atoms with E-state index in [1.54, 1.807) is 42.1 Å². The number of carbonyl (C=O) groups excluding carboxylic acids is 1. The number of fused-ring (bicyclic) bond motifs is 1. The number of carbonyl (C=O) groups is 1. The summed E-state index contributed by atoms with van der Waals surface area (Å²) in [6.07, 6.45) is 1.78. The van der Waals surface area contributed by atoms with Crippen molar-refractivity contribution in [2.75, 3.05) is 0 Å². The summed E-state index contributed by atoms with van der Waals surface area (Å²) in [5.74, 6) is -1.13. The highest BCUT2D eigenvalue weighted by atomic mass is 35.5.